The summed E-state index contributed by atoms with van der Waals surface area (Å²) in [5.74, 6) is -0.786. The number of carbonyl (C=O) groups is 1. The molecule has 0 radical (unpaired) electrons. The van der Waals surface area contributed by atoms with Gasteiger partial charge in [0.05, 0.1) is 10.0 Å². The molecule has 0 spiro atoms. The van der Waals surface area contributed by atoms with E-state index in [-0.39, 0.29) is 12.5 Å². The zero-order valence-corrected chi connectivity index (χ0v) is 14.1. The smallest absolute Gasteiger partial charge is 0.303 e. The molecule has 0 fully saturated rings. The molecule has 3 nitrogen and oxygen atoms in total. The van der Waals surface area contributed by atoms with Crippen molar-refractivity contribution in [1.29, 1.82) is 0 Å². The summed E-state index contributed by atoms with van der Waals surface area (Å²) in [6.07, 6.45) is 1.46. The Kier molecular flexibility index (Phi) is 6.90. The Morgan fingerprint density at radius 3 is 2.52 bits per heavy atom. The second-order valence-corrected chi connectivity index (χ2v) is 6.20. The Balaban J connectivity index is 2.01. The number of carboxylic acid groups (broad SMARTS) is 1. The first-order valence-corrected chi connectivity index (χ1v) is 8.24. The number of benzene rings is 2. The van der Waals surface area contributed by atoms with E-state index in [1.165, 1.54) is 5.56 Å². The van der Waals surface area contributed by atoms with Crippen molar-refractivity contribution in [2.45, 2.75) is 31.8 Å². The number of hydrogen-bond acceptors (Lipinski definition) is 2. The van der Waals surface area contributed by atoms with Crippen LogP contribution in [0.3, 0.4) is 0 Å². The summed E-state index contributed by atoms with van der Waals surface area (Å²) in [7, 11) is 0. The normalized spacial score (nSPS) is 12.1. The van der Waals surface area contributed by atoms with Gasteiger partial charge in [-0.15, -0.1) is 0 Å². The lowest BCUT2D eigenvalue weighted by molar-refractivity contribution is -0.137. The first-order chi connectivity index (χ1) is 11.1. The van der Waals surface area contributed by atoms with Gasteiger partial charge in [-0.3, -0.25) is 4.79 Å². The van der Waals surface area contributed by atoms with Crippen LogP contribution in [0.1, 0.15) is 24.0 Å². The monoisotopic (exact) mass is 351 g/mol. The van der Waals surface area contributed by atoms with Crippen molar-refractivity contribution in [2.75, 3.05) is 0 Å². The van der Waals surface area contributed by atoms with Crippen molar-refractivity contribution in [3.8, 4) is 0 Å². The van der Waals surface area contributed by atoms with Gasteiger partial charge in [-0.1, -0.05) is 65.7 Å². The Labute approximate surface area is 146 Å². The Hall–Kier alpha value is -1.55. The molecule has 0 heterocycles. The third kappa shape index (κ3) is 5.87. The fraction of sp³-hybridized carbons (Fsp3) is 0.278. The van der Waals surface area contributed by atoms with Crippen LogP contribution in [-0.2, 0) is 17.8 Å². The molecular weight excluding hydrogens is 333 g/mol. The van der Waals surface area contributed by atoms with Crippen LogP contribution in [0.25, 0.3) is 0 Å². The largest absolute Gasteiger partial charge is 0.481 e. The highest BCUT2D eigenvalue weighted by Crippen LogP contribution is 2.25. The predicted molar refractivity (Wildman–Crippen MR) is 94.1 cm³/mol. The predicted octanol–water partition coefficient (Wildman–Crippen LogP) is 4.56. The van der Waals surface area contributed by atoms with Gasteiger partial charge < -0.3 is 10.4 Å². The molecule has 2 aromatic rings. The van der Waals surface area contributed by atoms with Gasteiger partial charge in [-0.2, -0.15) is 0 Å². The highest BCUT2D eigenvalue weighted by Gasteiger charge is 2.13. The van der Waals surface area contributed by atoms with Gasteiger partial charge in [0, 0.05) is 19.0 Å². The summed E-state index contributed by atoms with van der Waals surface area (Å²) in [6.45, 7) is 0.552. The molecule has 1 unspecified atom stereocenters. The molecule has 1 atom stereocenters. The fourth-order valence-electron chi connectivity index (χ4n) is 2.41. The number of halogens is 2. The molecule has 0 saturated heterocycles. The molecule has 23 heavy (non-hydrogen) atoms. The van der Waals surface area contributed by atoms with Crippen LogP contribution in [0, 0.1) is 0 Å². The minimum Gasteiger partial charge on any atom is -0.481 e. The second-order valence-electron chi connectivity index (χ2n) is 5.41. The van der Waals surface area contributed by atoms with Gasteiger partial charge in [0.25, 0.3) is 0 Å². The summed E-state index contributed by atoms with van der Waals surface area (Å²) in [5.41, 5.74) is 2.08. The summed E-state index contributed by atoms with van der Waals surface area (Å²) in [4.78, 5) is 10.9. The van der Waals surface area contributed by atoms with Crippen LogP contribution in [0.4, 0.5) is 0 Å². The van der Waals surface area contributed by atoms with Crippen LogP contribution in [0.5, 0.6) is 0 Å². The van der Waals surface area contributed by atoms with Gasteiger partial charge in [0.15, 0.2) is 0 Å². The molecule has 5 heteroatoms. The Bertz CT molecular complexity index is 647. The molecule has 0 amide bonds. The van der Waals surface area contributed by atoms with Crippen molar-refractivity contribution in [3.05, 3.63) is 69.7 Å². The average Bonchev–Trinajstić information content (AvgIpc) is 2.54. The van der Waals surface area contributed by atoms with E-state index in [2.05, 4.69) is 5.32 Å². The van der Waals surface area contributed by atoms with Crippen molar-refractivity contribution >= 4 is 29.2 Å². The van der Waals surface area contributed by atoms with Crippen LogP contribution in [-0.4, -0.2) is 17.1 Å². The maximum Gasteiger partial charge on any atom is 0.303 e. The highest BCUT2D eigenvalue weighted by molar-refractivity contribution is 6.42. The first-order valence-electron chi connectivity index (χ1n) is 7.48. The average molecular weight is 352 g/mol. The number of hydrogen-bond donors (Lipinski definition) is 2. The molecule has 0 aliphatic carbocycles. The molecule has 0 saturated carbocycles. The topological polar surface area (TPSA) is 49.3 Å². The molecule has 2 rings (SSSR count). The van der Waals surface area contributed by atoms with Crippen LogP contribution in [0.15, 0.2) is 48.5 Å². The standard InChI is InChI=1S/C18H19Cl2NO2/c19-16-8-4-7-14(18(16)20)12-21-15(9-10-17(22)23)11-13-5-2-1-3-6-13/h1-8,15,21H,9-12H2,(H,22,23). The summed E-state index contributed by atoms with van der Waals surface area (Å²) in [5, 5.41) is 13.4. The van der Waals surface area contributed by atoms with E-state index in [0.717, 1.165) is 12.0 Å². The quantitative estimate of drug-likeness (QED) is 0.732. The van der Waals surface area contributed by atoms with Crippen LogP contribution < -0.4 is 5.32 Å². The van der Waals surface area contributed by atoms with E-state index in [9.17, 15) is 4.79 Å². The second kappa shape index (κ2) is 8.92. The van der Waals surface area contributed by atoms with Gasteiger partial charge in [-0.05, 0) is 30.0 Å². The van der Waals surface area contributed by atoms with E-state index in [0.29, 0.717) is 23.0 Å². The van der Waals surface area contributed by atoms with Gasteiger partial charge in [-0.25, -0.2) is 0 Å². The van der Waals surface area contributed by atoms with Gasteiger partial charge in [0.2, 0.25) is 0 Å². The molecule has 2 aromatic carbocycles. The van der Waals surface area contributed by atoms with E-state index in [1.54, 1.807) is 6.07 Å². The third-order valence-electron chi connectivity index (χ3n) is 3.64. The molecule has 2 N–H and O–H groups in total. The molecule has 0 aromatic heterocycles. The number of carboxylic acids is 1. The SMILES string of the molecule is O=C(O)CCC(Cc1ccccc1)NCc1cccc(Cl)c1Cl. The maximum atomic E-state index is 10.9. The Morgan fingerprint density at radius 2 is 1.83 bits per heavy atom. The lowest BCUT2D eigenvalue weighted by atomic mass is 10.0. The molecule has 0 aliphatic heterocycles. The third-order valence-corrected chi connectivity index (χ3v) is 4.50. The zero-order chi connectivity index (χ0) is 16.7. The zero-order valence-electron chi connectivity index (χ0n) is 12.6. The van der Waals surface area contributed by atoms with Crippen LogP contribution in [0.2, 0.25) is 10.0 Å². The number of nitrogens with one attached hydrogen (secondary N) is 1. The summed E-state index contributed by atoms with van der Waals surface area (Å²) < 4.78 is 0. The van der Waals surface area contributed by atoms with Crippen molar-refractivity contribution in [3.63, 3.8) is 0 Å². The summed E-state index contributed by atoms with van der Waals surface area (Å²) in [6, 6.07) is 15.6. The van der Waals surface area contributed by atoms with Crippen molar-refractivity contribution in [1.82, 2.24) is 5.32 Å². The van der Waals surface area contributed by atoms with Gasteiger partial charge >= 0.3 is 5.97 Å². The lowest BCUT2D eigenvalue weighted by Crippen LogP contribution is -2.31. The van der Waals surface area contributed by atoms with Gasteiger partial charge in [0.1, 0.15) is 0 Å². The van der Waals surface area contributed by atoms with Crippen molar-refractivity contribution < 1.29 is 9.90 Å². The van der Waals surface area contributed by atoms with E-state index in [4.69, 9.17) is 28.3 Å². The highest BCUT2D eigenvalue weighted by atomic mass is 35.5. The minimum absolute atomic E-state index is 0.0588. The maximum absolute atomic E-state index is 10.9. The molecular formula is C18H19Cl2NO2. The van der Waals surface area contributed by atoms with E-state index in [1.807, 2.05) is 42.5 Å². The van der Waals surface area contributed by atoms with Crippen LogP contribution >= 0.6 is 23.2 Å². The van der Waals surface area contributed by atoms with Crippen molar-refractivity contribution in [2.24, 2.45) is 0 Å². The molecule has 0 aliphatic rings. The Morgan fingerprint density at radius 1 is 1.09 bits per heavy atom. The first kappa shape index (κ1) is 17.8. The fourth-order valence-corrected chi connectivity index (χ4v) is 2.80. The summed E-state index contributed by atoms with van der Waals surface area (Å²) >= 11 is 12.2. The van der Waals surface area contributed by atoms with E-state index >= 15 is 0 Å². The number of rotatable bonds is 8. The molecule has 0 bridgehead atoms. The van der Waals surface area contributed by atoms with E-state index < -0.39 is 5.97 Å². The minimum atomic E-state index is -0.786. The molecule has 122 valence electrons. The lowest BCUT2D eigenvalue weighted by Gasteiger charge is -2.19. The number of aliphatic carboxylic acids is 1.